The number of methoxy groups -OCH3 is 1. The van der Waals surface area contributed by atoms with Gasteiger partial charge in [0.1, 0.15) is 0 Å². The molecule has 90 valence electrons. The molecule has 0 radical (unpaired) electrons. The molecule has 0 spiro atoms. The third kappa shape index (κ3) is 1.68. The highest BCUT2D eigenvalue weighted by Crippen LogP contribution is 2.28. The van der Waals surface area contributed by atoms with E-state index >= 15 is 0 Å². The van der Waals surface area contributed by atoms with Crippen LogP contribution in [-0.4, -0.2) is 36.5 Å². The summed E-state index contributed by atoms with van der Waals surface area (Å²) in [5, 5.41) is 0. The van der Waals surface area contributed by atoms with Crippen LogP contribution in [0.2, 0.25) is 0 Å². The molecule has 0 saturated carbocycles. The minimum Gasteiger partial charge on any atom is -0.398 e. The van der Waals surface area contributed by atoms with E-state index < -0.39 is 0 Å². The third-order valence-corrected chi connectivity index (χ3v) is 2.83. The number of nitrogens with two attached hydrogens (primary N) is 1. The lowest BCUT2D eigenvalue weighted by molar-refractivity contribution is 0.0498. The Hall–Kier alpha value is -1.88. The molecule has 1 aliphatic heterocycles. The summed E-state index contributed by atoms with van der Waals surface area (Å²) in [6.45, 7) is 2.08. The first-order valence-electron chi connectivity index (χ1n) is 5.33. The molecule has 1 aromatic carbocycles. The van der Waals surface area contributed by atoms with E-state index in [0.717, 1.165) is 0 Å². The molecule has 1 unspecified atom stereocenters. The monoisotopic (exact) mass is 234 g/mol. The Kier molecular flexibility index (Phi) is 2.85. The Balaban J connectivity index is 2.42. The van der Waals surface area contributed by atoms with Gasteiger partial charge in [0.15, 0.2) is 0 Å². The number of rotatable bonds is 3. The third-order valence-electron chi connectivity index (χ3n) is 2.83. The molecule has 17 heavy (non-hydrogen) atoms. The normalized spacial score (nSPS) is 16.2. The number of hydrogen-bond donors (Lipinski definition) is 1. The summed E-state index contributed by atoms with van der Waals surface area (Å²) in [7, 11) is 1.53. The Morgan fingerprint density at radius 1 is 1.35 bits per heavy atom. The summed E-state index contributed by atoms with van der Waals surface area (Å²) >= 11 is 0. The fourth-order valence-corrected chi connectivity index (χ4v) is 2.05. The van der Waals surface area contributed by atoms with Gasteiger partial charge in [-0.25, -0.2) is 0 Å². The molecule has 0 aliphatic carbocycles. The number of carbonyl (C=O) groups excluding carboxylic acids is 2. The van der Waals surface area contributed by atoms with Crippen LogP contribution in [0.3, 0.4) is 0 Å². The smallest absolute Gasteiger partial charge is 0.263 e. The highest BCUT2D eigenvalue weighted by molar-refractivity contribution is 6.23. The van der Waals surface area contributed by atoms with Crippen LogP contribution < -0.4 is 5.73 Å². The standard InChI is InChI=1S/C12H14N2O3/c1-7(6-17-2)14-11(15)8-4-3-5-9(13)10(8)12(14)16/h3-5,7H,6,13H2,1-2H3. The molecule has 2 amide bonds. The van der Waals surface area contributed by atoms with Crippen molar-refractivity contribution in [3.05, 3.63) is 29.3 Å². The fourth-order valence-electron chi connectivity index (χ4n) is 2.05. The van der Waals surface area contributed by atoms with Crippen LogP contribution in [0.4, 0.5) is 5.69 Å². The average Bonchev–Trinajstić information content (AvgIpc) is 2.53. The molecular formula is C12H14N2O3. The van der Waals surface area contributed by atoms with Gasteiger partial charge in [-0.15, -0.1) is 0 Å². The molecule has 2 rings (SSSR count). The van der Waals surface area contributed by atoms with Crippen molar-refractivity contribution in [3.63, 3.8) is 0 Å². The predicted molar refractivity (Wildman–Crippen MR) is 62.7 cm³/mol. The summed E-state index contributed by atoms with van der Waals surface area (Å²) in [5.41, 5.74) is 6.75. The van der Waals surface area contributed by atoms with Gasteiger partial charge in [-0.2, -0.15) is 0 Å². The zero-order valence-electron chi connectivity index (χ0n) is 9.77. The molecular weight excluding hydrogens is 220 g/mol. The molecule has 5 heteroatoms. The maximum Gasteiger partial charge on any atom is 0.263 e. The maximum atomic E-state index is 12.1. The van der Waals surface area contributed by atoms with E-state index in [9.17, 15) is 9.59 Å². The van der Waals surface area contributed by atoms with Crippen LogP contribution in [0.15, 0.2) is 18.2 Å². The summed E-state index contributed by atoms with van der Waals surface area (Å²) < 4.78 is 4.96. The number of carbonyl (C=O) groups is 2. The van der Waals surface area contributed by atoms with Crippen molar-refractivity contribution in [3.8, 4) is 0 Å². The van der Waals surface area contributed by atoms with Crippen molar-refractivity contribution in [2.75, 3.05) is 19.5 Å². The lowest BCUT2D eigenvalue weighted by Crippen LogP contribution is -2.40. The second-order valence-electron chi connectivity index (χ2n) is 4.05. The Labute approximate surface area is 99.2 Å². The number of nitrogen functional groups attached to an aromatic ring is 1. The van der Waals surface area contributed by atoms with Crippen molar-refractivity contribution in [1.29, 1.82) is 0 Å². The van der Waals surface area contributed by atoms with Gasteiger partial charge in [0.05, 0.1) is 23.8 Å². The number of benzene rings is 1. The summed E-state index contributed by atoms with van der Waals surface area (Å²) in [5.74, 6) is -0.644. The zero-order valence-corrected chi connectivity index (χ0v) is 9.77. The van der Waals surface area contributed by atoms with Crippen molar-refractivity contribution in [1.82, 2.24) is 4.90 Å². The molecule has 1 aromatic rings. The summed E-state index contributed by atoms with van der Waals surface area (Å²) in [6, 6.07) is 4.61. The zero-order chi connectivity index (χ0) is 12.6. The van der Waals surface area contributed by atoms with Crippen LogP contribution in [-0.2, 0) is 4.74 Å². The first-order chi connectivity index (χ1) is 8.07. The maximum absolute atomic E-state index is 12.1. The minimum atomic E-state index is -0.340. The van der Waals surface area contributed by atoms with Crippen LogP contribution in [0, 0.1) is 0 Å². The summed E-state index contributed by atoms with van der Waals surface area (Å²) in [4.78, 5) is 25.4. The van der Waals surface area contributed by atoms with Gasteiger partial charge in [-0.3, -0.25) is 14.5 Å². The Bertz CT molecular complexity index is 485. The van der Waals surface area contributed by atoms with E-state index in [-0.39, 0.29) is 17.9 Å². The Morgan fingerprint density at radius 2 is 2.06 bits per heavy atom. The van der Waals surface area contributed by atoms with Crippen molar-refractivity contribution in [2.24, 2.45) is 0 Å². The van der Waals surface area contributed by atoms with Crippen LogP contribution in [0.25, 0.3) is 0 Å². The van der Waals surface area contributed by atoms with E-state index in [1.807, 2.05) is 0 Å². The van der Waals surface area contributed by atoms with Gasteiger partial charge < -0.3 is 10.5 Å². The van der Waals surface area contributed by atoms with Crippen molar-refractivity contribution >= 4 is 17.5 Å². The number of ether oxygens (including phenoxy) is 1. The molecule has 1 aliphatic rings. The second kappa shape index (κ2) is 4.18. The first kappa shape index (κ1) is 11.6. The molecule has 5 nitrogen and oxygen atoms in total. The molecule has 0 saturated heterocycles. The van der Waals surface area contributed by atoms with Crippen LogP contribution in [0.1, 0.15) is 27.6 Å². The number of anilines is 1. The molecule has 1 heterocycles. The molecule has 0 fully saturated rings. The molecule has 0 aromatic heterocycles. The quantitative estimate of drug-likeness (QED) is 0.623. The number of fused-ring (bicyclic) bond motifs is 1. The van der Waals surface area contributed by atoms with Gasteiger partial charge in [-0.05, 0) is 19.1 Å². The molecule has 0 bridgehead atoms. The van der Waals surface area contributed by atoms with Crippen molar-refractivity contribution < 1.29 is 14.3 Å². The topological polar surface area (TPSA) is 72.6 Å². The van der Waals surface area contributed by atoms with E-state index in [1.165, 1.54) is 12.0 Å². The fraction of sp³-hybridized carbons (Fsp3) is 0.333. The van der Waals surface area contributed by atoms with E-state index in [4.69, 9.17) is 10.5 Å². The van der Waals surface area contributed by atoms with Gasteiger partial charge in [0.25, 0.3) is 11.8 Å². The number of nitrogens with zero attached hydrogens (tertiary/aromatic N) is 1. The van der Waals surface area contributed by atoms with E-state index in [1.54, 1.807) is 25.1 Å². The largest absolute Gasteiger partial charge is 0.398 e. The van der Waals surface area contributed by atoms with E-state index in [0.29, 0.717) is 23.4 Å². The molecule has 1 atom stereocenters. The lowest BCUT2D eigenvalue weighted by atomic mass is 10.1. The highest BCUT2D eigenvalue weighted by atomic mass is 16.5. The summed E-state index contributed by atoms with van der Waals surface area (Å²) in [6.07, 6.45) is 0. The highest BCUT2D eigenvalue weighted by Gasteiger charge is 2.39. The first-order valence-corrected chi connectivity index (χ1v) is 5.33. The van der Waals surface area contributed by atoms with Gasteiger partial charge in [0, 0.05) is 12.8 Å². The Morgan fingerprint density at radius 3 is 2.65 bits per heavy atom. The second-order valence-corrected chi connectivity index (χ2v) is 4.05. The average molecular weight is 234 g/mol. The van der Waals surface area contributed by atoms with Crippen molar-refractivity contribution in [2.45, 2.75) is 13.0 Å². The SMILES string of the molecule is COCC(C)N1C(=O)c2cccc(N)c2C1=O. The number of imide groups is 1. The van der Waals surface area contributed by atoms with Gasteiger partial charge in [-0.1, -0.05) is 6.07 Å². The minimum absolute atomic E-state index is 0.299. The van der Waals surface area contributed by atoms with E-state index in [2.05, 4.69) is 0 Å². The number of hydrogen-bond acceptors (Lipinski definition) is 4. The molecule has 2 N–H and O–H groups in total. The lowest BCUT2D eigenvalue weighted by Gasteiger charge is -2.21. The van der Waals surface area contributed by atoms with Gasteiger partial charge in [0.2, 0.25) is 0 Å². The van der Waals surface area contributed by atoms with Gasteiger partial charge >= 0.3 is 0 Å². The predicted octanol–water partition coefficient (Wildman–Crippen LogP) is 0.900. The number of amides is 2. The van der Waals surface area contributed by atoms with Crippen LogP contribution >= 0.6 is 0 Å². The van der Waals surface area contributed by atoms with Crippen LogP contribution in [0.5, 0.6) is 0 Å².